The van der Waals surface area contributed by atoms with Crippen LogP contribution in [-0.2, 0) is 9.53 Å². The van der Waals surface area contributed by atoms with Crippen LogP contribution in [0.2, 0.25) is 0 Å². The fourth-order valence-corrected chi connectivity index (χ4v) is 2.48. The monoisotopic (exact) mass is 346 g/mol. The molecular weight excluding hydrogens is 324 g/mol. The number of rotatable bonds is 7. The summed E-state index contributed by atoms with van der Waals surface area (Å²) in [7, 11) is 3.10. The summed E-state index contributed by atoms with van der Waals surface area (Å²) in [5.74, 6) is 0.679. The van der Waals surface area contributed by atoms with Gasteiger partial charge in [-0.25, -0.2) is 9.48 Å². The Labute approximate surface area is 146 Å². The number of carbonyl (C=O) groups excluding carboxylic acids is 1. The second-order valence-electron chi connectivity index (χ2n) is 5.25. The highest BCUT2D eigenvalue weighted by molar-refractivity contribution is 5.74. The number of aromatic nitrogens is 2. The summed E-state index contributed by atoms with van der Waals surface area (Å²) in [5.41, 5.74) is 0.928. The summed E-state index contributed by atoms with van der Waals surface area (Å²) in [6.45, 7) is 3.78. The summed E-state index contributed by atoms with van der Waals surface area (Å²) in [5, 5.41) is 4.35. The molecule has 2 aromatic rings. The van der Waals surface area contributed by atoms with E-state index in [0.717, 1.165) is 5.56 Å². The summed E-state index contributed by atoms with van der Waals surface area (Å²) >= 11 is 0. The van der Waals surface area contributed by atoms with E-state index in [-0.39, 0.29) is 12.2 Å². The van der Waals surface area contributed by atoms with Crippen molar-refractivity contribution in [3.05, 3.63) is 40.7 Å². The largest absolute Gasteiger partial charge is 0.493 e. The van der Waals surface area contributed by atoms with Crippen LogP contribution < -0.4 is 15.0 Å². The van der Waals surface area contributed by atoms with Gasteiger partial charge in [-0.3, -0.25) is 4.79 Å². The normalized spacial score (nSPS) is 11.7. The number of carbonyl (C=O) groups is 1. The average Bonchev–Trinajstić information content (AvgIpc) is 2.63. The van der Waals surface area contributed by atoms with Crippen LogP contribution in [-0.4, -0.2) is 36.6 Å². The molecule has 1 unspecified atom stereocenters. The number of nitrogens with zero attached hydrogens (tertiary/aromatic N) is 2. The fourth-order valence-electron chi connectivity index (χ4n) is 2.48. The zero-order chi connectivity index (χ0) is 18.4. The summed E-state index contributed by atoms with van der Waals surface area (Å²) in [6.07, 6.45) is 0.404. The van der Waals surface area contributed by atoms with E-state index >= 15 is 0 Å². The smallest absolute Gasteiger partial charge is 0.331 e. The molecule has 1 atom stereocenters. The zero-order valence-corrected chi connectivity index (χ0v) is 14.8. The molecule has 1 heterocycles. The lowest BCUT2D eigenvalue weighted by molar-refractivity contribution is -0.147. The first-order chi connectivity index (χ1) is 12.0. The predicted molar refractivity (Wildman–Crippen MR) is 93.0 cm³/mol. The van der Waals surface area contributed by atoms with Crippen LogP contribution in [0.1, 0.15) is 26.3 Å². The maximum absolute atomic E-state index is 12.2. The van der Waals surface area contributed by atoms with Crippen molar-refractivity contribution >= 4 is 5.97 Å². The predicted octanol–water partition coefficient (Wildman–Crippen LogP) is 2.44. The van der Waals surface area contributed by atoms with Gasteiger partial charge in [-0.05, 0) is 37.6 Å². The Balaban J connectivity index is 2.48. The lowest BCUT2D eigenvalue weighted by Gasteiger charge is -2.16. The second kappa shape index (κ2) is 8.32. The first-order valence-electron chi connectivity index (χ1n) is 8.04. The third-order valence-electron chi connectivity index (χ3n) is 3.74. The van der Waals surface area contributed by atoms with E-state index in [2.05, 4.69) is 5.10 Å². The third-order valence-corrected chi connectivity index (χ3v) is 3.74. The highest BCUT2D eigenvalue weighted by atomic mass is 16.5. The summed E-state index contributed by atoms with van der Waals surface area (Å²) in [4.78, 5) is 24.3. The van der Waals surface area contributed by atoms with Gasteiger partial charge in [-0.15, -0.1) is 0 Å². The molecule has 25 heavy (non-hydrogen) atoms. The Bertz CT molecular complexity index is 800. The quantitative estimate of drug-likeness (QED) is 0.717. The van der Waals surface area contributed by atoms with Crippen molar-refractivity contribution in [3.8, 4) is 22.8 Å². The number of hydrogen-bond donors (Lipinski definition) is 0. The minimum Gasteiger partial charge on any atom is -0.493 e. The second-order valence-corrected chi connectivity index (χ2v) is 5.25. The summed E-state index contributed by atoms with van der Waals surface area (Å²) < 4.78 is 16.7. The molecule has 0 N–H and O–H groups in total. The number of methoxy groups -OCH3 is 2. The Kier molecular flexibility index (Phi) is 6.16. The van der Waals surface area contributed by atoms with Gasteiger partial charge in [0, 0.05) is 11.6 Å². The molecule has 2 rings (SSSR count). The Hall–Kier alpha value is -2.83. The highest BCUT2D eigenvalue weighted by Gasteiger charge is 2.22. The van der Waals surface area contributed by atoms with Gasteiger partial charge in [0.1, 0.15) is 0 Å². The van der Waals surface area contributed by atoms with Crippen LogP contribution in [0.15, 0.2) is 35.1 Å². The van der Waals surface area contributed by atoms with Crippen LogP contribution in [0.3, 0.4) is 0 Å². The molecule has 0 saturated heterocycles. The van der Waals surface area contributed by atoms with Crippen molar-refractivity contribution in [2.24, 2.45) is 0 Å². The summed E-state index contributed by atoms with van der Waals surface area (Å²) in [6, 6.07) is 7.57. The highest BCUT2D eigenvalue weighted by Crippen LogP contribution is 2.31. The first kappa shape index (κ1) is 18.5. The van der Waals surface area contributed by atoms with Gasteiger partial charge in [0.2, 0.25) is 0 Å². The van der Waals surface area contributed by atoms with Gasteiger partial charge in [0.15, 0.2) is 17.5 Å². The van der Waals surface area contributed by atoms with Gasteiger partial charge >= 0.3 is 5.97 Å². The lowest BCUT2D eigenvalue weighted by atomic mass is 10.1. The van der Waals surface area contributed by atoms with Crippen molar-refractivity contribution in [1.29, 1.82) is 0 Å². The maximum atomic E-state index is 12.2. The van der Waals surface area contributed by atoms with Gasteiger partial charge in [-0.1, -0.05) is 6.92 Å². The molecule has 0 aliphatic rings. The van der Waals surface area contributed by atoms with Gasteiger partial charge < -0.3 is 14.2 Å². The van der Waals surface area contributed by atoms with Crippen molar-refractivity contribution < 1.29 is 19.0 Å². The minimum absolute atomic E-state index is 0.249. The van der Waals surface area contributed by atoms with E-state index in [1.54, 1.807) is 46.3 Å². The molecule has 1 aromatic heterocycles. The van der Waals surface area contributed by atoms with Crippen molar-refractivity contribution in [2.75, 3.05) is 20.8 Å². The number of ether oxygens (including phenoxy) is 3. The molecule has 0 amide bonds. The molecular formula is C18H22N2O5. The van der Waals surface area contributed by atoms with Crippen molar-refractivity contribution in [1.82, 2.24) is 9.78 Å². The molecule has 0 fully saturated rings. The standard InChI is InChI=1S/C18H22N2O5/c1-5-14(18(22)25-6-2)20-17(21)10-8-13(19-20)12-7-9-15(23-3)16(11-12)24-4/h7-11,14H,5-6H2,1-4H3. The Morgan fingerprint density at radius 1 is 1.12 bits per heavy atom. The van der Waals surface area contributed by atoms with Gasteiger partial charge in [0.25, 0.3) is 5.56 Å². The van der Waals surface area contributed by atoms with Crippen LogP contribution in [0, 0.1) is 0 Å². The number of benzene rings is 1. The molecule has 0 saturated carbocycles. The molecule has 134 valence electrons. The zero-order valence-electron chi connectivity index (χ0n) is 14.8. The first-order valence-corrected chi connectivity index (χ1v) is 8.04. The Morgan fingerprint density at radius 3 is 2.44 bits per heavy atom. The van der Waals surface area contributed by atoms with Crippen LogP contribution in [0.25, 0.3) is 11.3 Å². The SMILES string of the molecule is CCOC(=O)C(CC)n1nc(-c2ccc(OC)c(OC)c2)ccc1=O. The molecule has 7 heteroatoms. The molecule has 0 radical (unpaired) electrons. The van der Waals surface area contributed by atoms with Crippen LogP contribution >= 0.6 is 0 Å². The van der Waals surface area contributed by atoms with Crippen molar-refractivity contribution in [3.63, 3.8) is 0 Å². The van der Waals surface area contributed by atoms with Gasteiger partial charge in [0.05, 0.1) is 26.5 Å². The third kappa shape index (κ3) is 3.99. The van der Waals surface area contributed by atoms with Crippen LogP contribution in [0.5, 0.6) is 11.5 Å². The Morgan fingerprint density at radius 2 is 1.84 bits per heavy atom. The minimum atomic E-state index is -0.757. The molecule has 0 aliphatic heterocycles. The average molecular weight is 346 g/mol. The molecule has 0 aliphatic carbocycles. The van der Waals surface area contributed by atoms with E-state index in [1.807, 2.05) is 6.07 Å². The van der Waals surface area contributed by atoms with Gasteiger partial charge in [-0.2, -0.15) is 5.10 Å². The topological polar surface area (TPSA) is 79.7 Å². The number of hydrogen-bond acceptors (Lipinski definition) is 6. The van der Waals surface area contributed by atoms with E-state index < -0.39 is 12.0 Å². The fraction of sp³-hybridized carbons (Fsp3) is 0.389. The van der Waals surface area contributed by atoms with E-state index in [0.29, 0.717) is 23.6 Å². The molecule has 7 nitrogen and oxygen atoms in total. The van der Waals surface area contributed by atoms with E-state index in [1.165, 1.54) is 10.7 Å². The van der Waals surface area contributed by atoms with Crippen molar-refractivity contribution in [2.45, 2.75) is 26.3 Å². The lowest BCUT2D eigenvalue weighted by Crippen LogP contribution is -2.32. The van der Waals surface area contributed by atoms with Crippen LogP contribution in [0.4, 0.5) is 0 Å². The van der Waals surface area contributed by atoms with E-state index in [4.69, 9.17) is 14.2 Å². The molecule has 0 bridgehead atoms. The van der Waals surface area contributed by atoms with E-state index in [9.17, 15) is 9.59 Å². The molecule has 1 aromatic carbocycles. The maximum Gasteiger partial charge on any atom is 0.331 e. The molecule has 0 spiro atoms. The number of esters is 1.